The van der Waals surface area contributed by atoms with Gasteiger partial charge in [0.2, 0.25) is 23.6 Å². The number of para-hydroxylation sites is 1. The average Bonchev–Trinajstić information content (AvgIpc) is 3.56. The Morgan fingerprint density at radius 3 is 2.22 bits per heavy atom. The minimum atomic E-state index is -1.06. The first kappa shape index (κ1) is 34.2. The molecular weight excluding hydrogens is 644 g/mol. The molecule has 4 fully saturated rings. The van der Waals surface area contributed by atoms with Gasteiger partial charge >= 0.3 is 0 Å². The Bertz CT molecular complexity index is 1890. The zero-order valence-corrected chi connectivity index (χ0v) is 28.5. The van der Waals surface area contributed by atoms with E-state index in [0.29, 0.717) is 6.54 Å². The van der Waals surface area contributed by atoms with Gasteiger partial charge in [0.15, 0.2) is 5.78 Å². The number of rotatable bonds is 14. The molecule has 3 aliphatic heterocycles. The molecule has 0 unspecified atom stereocenters. The molecule has 0 radical (unpaired) electrons. The number of carbonyl (C=O) groups excluding carboxylic acids is 5. The van der Waals surface area contributed by atoms with Crippen LogP contribution in [0.15, 0.2) is 91.1 Å². The van der Waals surface area contributed by atoms with Crippen molar-refractivity contribution in [3.63, 3.8) is 0 Å². The van der Waals surface area contributed by atoms with Gasteiger partial charge in [-0.05, 0) is 60.8 Å². The molecule has 1 aliphatic carbocycles. The summed E-state index contributed by atoms with van der Waals surface area (Å²) in [6.07, 6.45) is 5.54. The van der Waals surface area contributed by atoms with Crippen LogP contribution in [0.2, 0.25) is 0 Å². The van der Waals surface area contributed by atoms with E-state index in [2.05, 4.69) is 26.3 Å². The lowest BCUT2D eigenvalue weighted by molar-refractivity contribution is -0.163. The fourth-order valence-corrected chi connectivity index (χ4v) is 8.03. The molecule has 2 bridgehead atoms. The number of carbonyl (C=O) groups is 5. The van der Waals surface area contributed by atoms with Gasteiger partial charge in [-0.3, -0.25) is 24.0 Å². The van der Waals surface area contributed by atoms with Crippen molar-refractivity contribution in [2.24, 2.45) is 5.92 Å². The van der Waals surface area contributed by atoms with Crippen molar-refractivity contribution in [3.8, 4) is 0 Å². The number of nitrogens with zero attached hydrogens (tertiary/aromatic N) is 1. The van der Waals surface area contributed by atoms with Crippen molar-refractivity contribution in [2.75, 3.05) is 6.54 Å². The summed E-state index contributed by atoms with van der Waals surface area (Å²) in [4.78, 5) is 73.3. The fraction of sp³-hybridized carbons (Fsp3) is 0.375. The summed E-state index contributed by atoms with van der Waals surface area (Å²) >= 11 is 0. The summed E-state index contributed by atoms with van der Waals surface area (Å²) in [5.74, 6) is -1.54. The number of H-pyrrole nitrogens is 1. The summed E-state index contributed by atoms with van der Waals surface area (Å²) in [5, 5.41) is 12.7. The molecule has 11 nitrogen and oxygen atoms in total. The number of piperazine rings is 1. The van der Waals surface area contributed by atoms with Gasteiger partial charge in [0.05, 0.1) is 19.0 Å². The summed E-state index contributed by atoms with van der Waals surface area (Å²) in [7, 11) is 0. The number of Topliss-reactive ketones (excluding diaryl/α,β-unsaturated/α-hetero) is 1. The number of hydrogen-bond donors (Lipinski definition) is 5. The lowest BCUT2D eigenvalue weighted by Gasteiger charge is -2.53. The van der Waals surface area contributed by atoms with Crippen LogP contribution >= 0.6 is 0 Å². The van der Waals surface area contributed by atoms with Gasteiger partial charge < -0.3 is 31.2 Å². The molecular formula is C40H44N6O5. The van der Waals surface area contributed by atoms with E-state index in [1.165, 1.54) is 0 Å². The van der Waals surface area contributed by atoms with Crippen LogP contribution < -0.4 is 21.3 Å². The smallest absolute Gasteiger partial charge is 0.246 e. The number of amides is 4. The lowest BCUT2D eigenvalue weighted by Crippen LogP contribution is -2.71. The van der Waals surface area contributed by atoms with Crippen molar-refractivity contribution >= 4 is 40.3 Å². The summed E-state index contributed by atoms with van der Waals surface area (Å²) < 4.78 is 0. The average molecular weight is 689 g/mol. The van der Waals surface area contributed by atoms with Crippen molar-refractivity contribution in [2.45, 2.75) is 81.7 Å². The van der Waals surface area contributed by atoms with E-state index in [1.807, 2.05) is 91.1 Å². The third kappa shape index (κ3) is 7.73. The molecule has 8 rings (SSSR count). The van der Waals surface area contributed by atoms with E-state index >= 15 is 0 Å². The first-order valence-electron chi connectivity index (χ1n) is 17.9. The highest BCUT2D eigenvalue weighted by Gasteiger charge is 2.52. The summed E-state index contributed by atoms with van der Waals surface area (Å²) in [6.45, 7) is 0.531. The molecule has 11 heteroatoms. The second-order valence-corrected chi connectivity index (χ2v) is 14.0. The number of fused-ring (bicyclic) bond motifs is 3. The van der Waals surface area contributed by atoms with E-state index in [0.717, 1.165) is 53.3 Å². The van der Waals surface area contributed by atoms with Gasteiger partial charge in [0, 0.05) is 36.1 Å². The monoisotopic (exact) mass is 688 g/mol. The highest BCUT2D eigenvalue weighted by atomic mass is 16.2. The molecule has 1 saturated carbocycles. The quantitative estimate of drug-likeness (QED) is 0.137. The zero-order valence-electron chi connectivity index (χ0n) is 28.5. The Morgan fingerprint density at radius 2 is 1.47 bits per heavy atom. The third-order valence-corrected chi connectivity index (χ3v) is 10.6. The summed E-state index contributed by atoms with van der Waals surface area (Å²) in [6, 6.07) is 23.5. The minimum absolute atomic E-state index is 0.0192. The number of benzene rings is 3. The van der Waals surface area contributed by atoms with Gasteiger partial charge in [0.25, 0.3) is 0 Å². The van der Waals surface area contributed by atoms with Crippen LogP contribution in [0.25, 0.3) is 10.9 Å². The molecule has 5 N–H and O–H groups in total. The summed E-state index contributed by atoms with van der Waals surface area (Å²) in [5.41, 5.74) is 3.62. The van der Waals surface area contributed by atoms with Gasteiger partial charge in [-0.25, -0.2) is 0 Å². The number of nitrogens with one attached hydrogen (secondary N) is 5. The SMILES string of the molecule is O=C(C[C@@H]1NC(=O)[C@@H]2C3CCC(CC3)N2C1=O)N[C@H](Cc1c[nH]c2ccccc12)C(=O)N[C@@H](Cc1ccccc1)C(=O)CNCc1ccccc1. The molecule has 3 aromatic carbocycles. The molecule has 4 aromatic rings. The van der Waals surface area contributed by atoms with E-state index in [-0.39, 0.29) is 55.4 Å². The molecule has 0 spiro atoms. The van der Waals surface area contributed by atoms with E-state index in [4.69, 9.17) is 0 Å². The van der Waals surface area contributed by atoms with Crippen molar-refractivity contribution in [1.82, 2.24) is 31.2 Å². The largest absolute Gasteiger partial charge is 0.361 e. The van der Waals surface area contributed by atoms with Crippen molar-refractivity contribution in [1.29, 1.82) is 0 Å². The normalized spacial score (nSPS) is 22.2. The van der Waals surface area contributed by atoms with Crippen molar-refractivity contribution < 1.29 is 24.0 Å². The minimum Gasteiger partial charge on any atom is -0.361 e. The maximum Gasteiger partial charge on any atom is 0.246 e. The fourth-order valence-electron chi connectivity index (χ4n) is 8.03. The van der Waals surface area contributed by atoms with E-state index < -0.39 is 36.0 Å². The molecule has 4 heterocycles. The lowest BCUT2D eigenvalue weighted by atomic mass is 9.73. The van der Waals surface area contributed by atoms with Gasteiger partial charge in [-0.15, -0.1) is 0 Å². The highest BCUT2D eigenvalue weighted by Crippen LogP contribution is 2.41. The molecule has 3 saturated heterocycles. The maximum atomic E-state index is 14.2. The standard InChI is InChI=1S/C40H44N6O5/c47-35(24-41-22-26-11-5-2-6-12-26)32(19-25-9-3-1-4-10-25)44-38(49)33(20-28-23-42-31-14-8-7-13-30(28)31)43-36(48)21-34-40(51)46-29-17-15-27(16-18-29)37(46)39(50)45-34/h1-14,23,27,29,32-34,37,41-42H,15-22,24H2,(H,43,48)(H,44,49)(H,45,50)/t27?,29?,32-,33+,34-,37-/m0/s1. The maximum absolute atomic E-state index is 14.2. The number of aromatic amines is 1. The van der Waals surface area contributed by atoms with E-state index in [9.17, 15) is 24.0 Å². The van der Waals surface area contributed by atoms with E-state index in [1.54, 1.807) is 4.90 Å². The van der Waals surface area contributed by atoms with Crippen LogP contribution in [0, 0.1) is 5.92 Å². The molecule has 51 heavy (non-hydrogen) atoms. The molecule has 4 amide bonds. The second kappa shape index (κ2) is 15.3. The Labute approximate surface area is 296 Å². The molecule has 264 valence electrons. The van der Waals surface area contributed by atoms with Crippen LogP contribution in [0.3, 0.4) is 0 Å². The van der Waals surface area contributed by atoms with Crippen LogP contribution in [-0.4, -0.2) is 76.0 Å². The first-order chi connectivity index (χ1) is 24.8. The van der Waals surface area contributed by atoms with Crippen LogP contribution in [0.1, 0.15) is 48.8 Å². The topological polar surface area (TPSA) is 152 Å². The van der Waals surface area contributed by atoms with Gasteiger partial charge in [0.1, 0.15) is 18.1 Å². The highest BCUT2D eigenvalue weighted by molar-refractivity contribution is 6.00. The van der Waals surface area contributed by atoms with Crippen LogP contribution in [0.4, 0.5) is 0 Å². The predicted molar refractivity (Wildman–Crippen MR) is 192 cm³/mol. The Hall–Kier alpha value is -5.29. The molecule has 4 aliphatic rings. The molecule has 4 atom stereocenters. The Kier molecular flexibility index (Phi) is 10.3. The first-order valence-corrected chi connectivity index (χ1v) is 17.9. The van der Waals surface area contributed by atoms with Gasteiger partial charge in [-0.1, -0.05) is 78.9 Å². The second-order valence-electron chi connectivity index (χ2n) is 14.0. The van der Waals surface area contributed by atoms with Crippen LogP contribution in [-0.2, 0) is 43.4 Å². The Balaban J connectivity index is 1.08. The number of piperidine rings is 2. The Morgan fingerprint density at radius 1 is 0.784 bits per heavy atom. The number of ketones is 1. The van der Waals surface area contributed by atoms with Gasteiger partial charge in [-0.2, -0.15) is 0 Å². The third-order valence-electron chi connectivity index (χ3n) is 10.6. The zero-order chi connectivity index (χ0) is 35.3. The van der Waals surface area contributed by atoms with Crippen LogP contribution in [0.5, 0.6) is 0 Å². The number of aromatic nitrogens is 1. The number of hydrogen-bond acceptors (Lipinski definition) is 6. The van der Waals surface area contributed by atoms with Crippen molar-refractivity contribution in [3.05, 3.63) is 108 Å². The molecule has 1 aromatic heterocycles. The predicted octanol–water partition coefficient (Wildman–Crippen LogP) is 2.94.